The van der Waals surface area contributed by atoms with E-state index in [0.717, 1.165) is 31.4 Å². The maximum atomic E-state index is 11.6. The summed E-state index contributed by atoms with van der Waals surface area (Å²) in [7, 11) is 1.75. The molecule has 5 unspecified atom stereocenters. The molecule has 42 heavy (non-hydrogen) atoms. The van der Waals surface area contributed by atoms with Crippen molar-refractivity contribution in [1.29, 1.82) is 0 Å². The van der Waals surface area contributed by atoms with Gasteiger partial charge in [-0.05, 0) is 78.5 Å². The molecular weight excluding hydrogens is 556 g/mol. The smallest absolute Gasteiger partial charge is 0.337 e. The molecule has 8 nitrogen and oxygen atoms in total. The summed E-state index contributed by atoms with van der Waals surface area (Å²) in [5.41, 5.74) is 3.45. The number of carboxylic acid groups (broad SMARTS) is 1. The molecule has 0 bridgehead atoms. The molecule has 1 saturated carbocycles. The third-order valence-corrected chi connectivity index (χ3v) is 8.94. The van der Waals surface area contributed by atoms with Crippen LogP contribution < -0.4 is 9.64 Å². The molecule has 1 fully saturated rings. The van der Waals surface area contributed by atoms with Crippen LogP contribution in [0.2, 0.25) is 5.02 Å². The monoisotopic (exact) mass is 598 g/mol. The van der Waals surface area contributed by atoms with Crippen molar-refractivity contribution in [3.8, 4) is 5.75 Å². The summed E-state index contributed by atoms with van der Waals surface area (Å²) in [6, 6.07) is 11.1. The molecule has 3 N–H and O–H groups in total. The van der Waals surface area contributed by atoms with E-state index in [1.165, 1.54) is 18.1 Å². The Bertz CT molecular complexity index is 1280. The lowest BCUT2D eigenvalue weighted by Crippen LogP contribution is -2.44. The first-order chi connectivity index (χ1) is 20.1. The van der Waals surface area contributed by atoms with Crippen LogP contribution in [0.3, 0.4) is 0 Å². The Hall–Kier alpha value is -3.07. The van der Waals surface area contributed by atoms with Crippen molar-refractivity contribution in [2.45, 2.75) is 64.1 Å². The van der Waals surface area contributed by atoms with Gasteiger partial charge in [-0.2, -0.15) is 0 Å². The number of fused-ring (bicyclic) bond motifs is 1. The number of carboxylic acids is 1. The number of amides is 1. The Balaban J connectivity index is 1.57. The van der Waals surface area contributed by atoms with E-state index in [9.17, 15) is 24.9 Å². The highest BCUT2D eigenvalue weighted by molar-refractivity contribution is 6.30. The number of benzene rings is 2. The number of carbonyl (C=O) groups excluding carboxylic acids is 1. The standard InChI is InChI=1S/C33H43ClN2O6/c1-4-7-22-16-26(34)11-13-27(22)25-19-36(29-17-23(32(39)33(40)41)10-14-31(29)42-20-25)18-24-9-12-28(24)30(38)8-5-6-15-35(3)21(2)37/h5-6,10-11,13-14,16-17,24-25,28,30,32,38-39H,4,7-9,12,15,18-20H2,1-3H3,(H,40,41)/b6-5+. The van der Waals surface area contributed by atoms with Gasteiger partial charge in [0.1, 0.15) is 5.75 Å². The van der Waals surface area contributed by atoms with E-state index in [1.54, 1.807) is 30.1 Å². The van der Waals surface area contributed by atoms with Gasteiger partial charge in [0.05, 0.1) is 18.4 Å². The number of hydrogen-bond donors (Lipinski definition) is 3. The number of likely N-dealkylation sites (N-methyl/N-ethyl adjacent to an activating group) is 1. The van der Waals surface area contributed by atoms with Crippen molar-refractivity contribution in [3.05, 3.63) is 70.3 Å². The van der Waals surface area contributed by atoms with Gasteiger partial charge in [0.2, 0.25) is 5.91 Å². The highest BCUT2D eigenvalue weighted by atomic mass is 35.5. The number of halogens is 1. The van der Waals surface area contributed by atoms with Crippen molar-refractivity contribution >= 4 is 29.2 Å². The van der Waals surface area contributed by atoms with E-state index in [0.29, 0.717) is 49.0 Å². The average Bonchev–Trinajstić information content (AvgIpc) is 3.12. The molecule has 0 saturated heterocycles. The number of aliphatic carboxylic acids is 1. The largest absolute Gasteiger partial charge is 0.491 e. The second-order valence-corrected chi connectivity index (χ2v) is 12.1. The average molecular weight is 599 g/mol. The molecule has 1 amide bonds. The van der Waals surface area contributed by atoms with Crippen LogP contribution in [0.15, 0.2) is 48.6 Å². The number of anilines is 1. The van der Waals surface area contributed by atoms with Gasteiger partial charge in [0.25, 0.3) is 0 Å². The van der Waals surface area contributed by atoms with Gasteiger partial charge >= 0.3 is 5.97 Å². The summed E-state index contributed by atoms with van der Waals surface area (Å²) in [5, 5.41) is 31.5. The lowest BCUT2D eigenvalue weighted by atomic mass is 9.69. The topological polar surface area (TPSA) is 111 Å². The van der Waals surface area contributed by atoms with Crippen molar-refractivity contribution < 1.29 is 29.6 Å². The molecule has 0 spiro atoms. The van der Waals surface area contributed by atoms with Crippen LogP contribution in [0, 0.1) is 11.8 Å². The molecule has 228 valence electrons. The summed E-state index contributed by atoms with van der Waals surface area (Å²) in [6.07, 6.45) is 6.07. The van der Waals surface area contributed by atoms with Crippen LogP contribution in [0.4, 0.5) is 5.69 Å². The summed E-state index contributed by atoms with van der Waals surface area (Å²) in [6.45, 7) is 5.96. The molecular formula is C33H43ClN2O6. The quantitative estimate of drug-likeness (QED) is 0.288. The highest BCUT2D eigenvalue weighted by Crippen LogP contribution is 2.43. The van der Waals surface area contributed by atoms with E-state index in [4.69, 9.17) is 16.3 Å². The number of hydrogen-bond acceptors (Lipinski definition) is 6. The first-order valence-electron chi connectivity index (χ1n) is 14.8. The Kier molecular flexibility index (Phi) is 10.9. The van der Waals surface area contributed by atoms with Crippen molar-refractivity contribution in [2.24, 2.45) is 11.8 Å². The fraction of sp³-hybridized carbons (Fsp3) is 0.515. The first kappa shape index (κ1) is 31.9. The highest BCUT2D eigenvalue weighted by Gasteiger charge is 2.38. The number of aliphatic hydroxyl groups is 2. The van der Waals surface area contributed by atoms with E-state index in [1.807, 2.05) is 24.3 Å². The van der Waals surface area contributed by atoms with E-state index >= 15 is 0 Å². The van der Waals surface area contributed by atoms with Gasteiger partial charge in [-0.1, -0.05) is 49.2 Å². The lowest BCUT2D eigenvalue weighted by molar-refractivity contribution is -0.147. The molecule has 2 aliphatic rings. The zero-order chi connectivity index (χ0) is 30.4. The zero-order valence-electron chi connectivity index (χ0n) is 24.7. The molecule has 9 heteroatoms. The third-order valence-electron chi connectivity index (χ3n) is 8.70. The fourth-order valence-electron chi connectivity index (χ4n) is 6.03. The molecule has 2 aromatic rings. The Morgan fingerprint density at radius 2 is 1.95 bits per heavy atom. The summed E-state index contributed by atoms with van der Waals surface area (Å²) in [4.78, 5) is 26.8. The van der Waals surface area contributed by atoms with Gasteiger partial charge in [-0.3, -0.25) is 4.79 Å². The van der Waals surface area contributed by atoms with E-state index < -0.39 is 18.2 Å². The number of aryl methyl sites for hydroxylation is 1. The molecule has 5 atom stereocenters. The van der Waals surface area contributed by atoms with Crippen LogP contribution in [0.1, 0.15) is 68.2 Å². The summed E-state index contributed by atoms with van der Waals surface area (Å²) in [5.74, 6) is -0.228. The third kappa shape index (κ3) is 7.65. The molecule has 0 aromatic heterocycles. The Morgan fingerprint density at radius 1 is 1.17 bits per heavy atom. The lowest BCUT2D eigenvalue weighted by Gasteiger charge is -2.43. The van der Waals surface area contributed by atoms with Gasteiger partial charge in [-0.15, -0.1) is 0 Å². The first-order valence-corrected chi connectivity index (χ1v) is 15.2. The Labute approximate surface area is 253 Å². The molecule has 1 aliphatic carbocycles. The SMILES string of the molecule is CCCc1cc(Cl)ccc1C1COc2ccc(C(O)C(=O)O)cc2N(CC2CCC2C(O)C/C=C/CN(C)C(C)=O)C1. The maximum Gasteiger partial charge on any atom is 0.337 e. The zero-order valence-corrected chi connectivity index (χ0v) is 25.5. The minimum atomic E-state index is -1.63. The molecule has 1 heterocycles. The van der Waals surface area contributed by atoms with Crippen LogP contribution in [0.25, 0.3) is 0 Å². The van der Waals surface area contributed by atoms with Crippen LogP contribution in [-0.2, 0) is 16.0 Å². The van der Waals surface area contributed by atoms with Crippen molar-refractivity contribution in [3.63, 3.8) is 0 Å². The number of rotatable bonds is 12. The second kappa shape index (κ2) is 14.4. The predicted octanol–water partition coefficient (Wildman–Crippen LogP) is 5.20. The maximum absolute atomic E-state index is 11.6. The molecule has 1 aliphatic heterocycles. The molecule has 0 radical (unpaired) electrons. The summed E-state index contributed by atoms with van der Waals surface area (Å²) >= 11 is 6.35. The van der Waals surface area contributed by atoms with Crippen molar-refractivity contribution in [2.75, 3.05) is 38.2 Å². The van der Waals surface area contributed by atoms with E-state index in [2.05, 4.69) is 17.9 Å². The summed E-state index contributed by atoms with van der Waals surface area (Å²) < 4.78 is 6.32. The second-order valence-electron chi connectivity index (χ2n) is 11.6. The molecule has 4 rings (SSSR count). The normalized spacial score (nSPS) is 21.6. The van der Waals surface area contributed by atoms with Crippen LogP contribution in [0.5, 0.6) is 5.75 Å². The van der Waals surface area contributed by atoms with Gasteiger partial charge in [0, 0.05) is 44.5 Å². The number of carbonyl (C=O) groups is 2. The van der Waals surface area contributed by atoms with Crippen LogP contribution in [-0.4, -0.2) is 71.5 Å². The van der Waals surface area contributed by atoms with Crippen LogP contribution >= 0.6 is 11.6 Å². The minimum absolute atomic E-state index is 0.00119. The number of nitrogens with zero attached hydrogens (tertiary/aromatic N) is 2. The molecule has 2 aromatic carbocycles. The van der Waals surface area contributed by atoms with Gasteiger partial charge in [-0.25, -0.2) is 4.79 Å². The Morgan fingerprint density at radius 3 is 2.62 bits per heavy atom. The van der Waals surface area contributed by atoms with E-state index in [-0.39, 0.29) is 23.7 Å². The minimum Gasteiger partial charge on any atom is -0.491 e. The number of aliphatic hydroxyl groups excluding tert-OH is 2. The van der Waals surface area contributed by atoms with Gasteiger partial charge in [0.15, 0.2) is 6.10 Å². The fourth-order valence-corrected chi connectivity index (χ4v) is 6.22. The number of ether oxygens (including phenoxy) is 1. The predicted molar refractivity (Wildman–Crippen MR) is 164 cm³/mol. The van der Waals surface area contributed by atoms with Gasteiger partial charge < -0.3 is 29.9 Å². The van der Waals surface area contributed by atoms with Crippen molar-refractivity contribution in [1.82, 2.24) is 4.90 Å².